The van der Waals surface area contributed by atoms with Crippen molar-refractivity contribution < 1.29 is 0 Å². The van der Waals surface area contributed by atoms with Crippen LogP contribution < -0.4 is 0 Å². The molecule has 0 saturated heterocycles. The number of para-hydroxylation sites is 1. The Labute approximate surface area is 372 Å². The Hall–Kier alpha value is -4.47. The summed E-state index contributed by atoms with van der Waals surface area (Å²) in [5.41, 5.74) is 14.7. The highest BCUT2D eigenvalue weighted by atomic mass is 35.5. The number of halogens is 1. The van der Waals surface area contributed by atoms with Crippen LogP contribution >= 0.6 is 11.6 Å². The summed E-state index contributed by atoms with van der Waals surface area (Å²) in [7, 11) is 4.20. The van der Waals surface area contributed by atoms with E-state index in [-0.39, 0.29) is 46.0 Å². The number of aromatic amines is 1. The molecule has 0 saturated carbocycles. The lowest BCUT2D eigenvalue weighted by molar-refractivity contribution is 0.498. The third-order valence-corrected chi connectivity index (χ3v) is 11.3. The van der Waals surface area contributed by atoms with Gasteiger partial charge in [-0.25, -0.2) is 0 Å². The van der Waals surface area contributed by atoms with E-state index in [0.717, 1.165) is 22.3 Å². The molecule has 60 heavy (non-hydrogen) atoms. The zero-order valence-electron chi connectivity index (χ0n) is 36.9. The molecule has 1 N–H and O–H groups in total. The van der Waals surface area contributed by atoms with E-state index < -0.39 is 0 Å². The van der Waals surface area contributed by atoms with E-state index in [1.54, 1.807) is 5.57 Å². The molecule has 0 spiro atoms. The van der Waals surface area contributed by atoms with Crippen LogP contribution in [0, 0.1) is 12.3 Å². The Kier molecular flexibility index (Phi) is 18.2. The first-order valence-electron chi connectivity index (χ1n) is 20.1. The van der Waals surface area contributed by atoms with Gasteiger partial charge in [0.05, 0.1) is 5.02 Å². The van der Waals surface area contributed by atoms with E-state index in [0.29, 0.717) is 5.41 Å². The van der Waals surface area contributed by atoms with Gasteiger partial charge < -0.3 is 14.1 Å². The van der Waals surface area contributed by atoms with Crippen LogP contribution in [0.4, 0.5) is 0 Å². The molecule has 8 rings (SSSR count). The van der Waals surface area contributed by atoms with Crippen molar-refractivity contribution in [3.63, 3.8) is 0 Å². The number of hydrogen-bond acceptors (Lipinski definition) is 0. The van der Waals surface area contributed by atoms with E-state index in [2.05, 4.69) is 216 Å². The number of aryl methyl sites for hydroxylation is 3. The summed E-state index contributed by atoms with van der Waals surface area (Å²) >= 11 is 6.19. The van der Waals surface area contributed by atoms with Crippen molar-refractivity contribution in [1.29, 1.82) is 0 Å². The zero-order chi connectivity index (χ0) is 41.4. The maximum absolute atomic E-state index is 6.19. The molecule has 4 aromatic carbocycles. The molecule has 0 aliphatic heterocycles. The van der Waals surface area contributed by atoms with Crippen molar-refractivity contribution in [3.8, 4) is 0 Å². The largest absolute Gasteiger partial charge is 0.361 e. The van der Waals surface area contributed by atoms with E-state index in [1.807, 2.05) is 12.1 Å². The highest BCUT2D eigenvalue weighted by Crippen LogP contribution is 2.38. The molecule has 7 aromatic rings. The molecule has 1 aliphatic rings. The molecule has 328 valence electrons. The quantitative estimate of drug-likeness (QED) is 0.158. The van der Waals surface area contributed by atoms with Crippen molar-refractivity contribution in [3.05, 3.63) is 147 Å². The Morgan fingerprint density at radius 2 is 1.08 bits per heavy atom. The van der Waals surface area contributed by atoms with Crippen molar-refractivity contribution in [2.75, 3.05) is 0 Å². The standard InChI is InChI=1S/C14H18.2C13H17N.C12H14ClN.4CH4/c1-10-6-5-7-11-8-12(9-13(10)11)14(2,3)4;1-13(2,3)11-6-5-7-12-10(11)8-9-14(12)4;1-13(2,3)11-9-14(4)12-8-6-5-7-10(11)12;1-12(2,3)8-7-14-10-6-4-5-9(13)11(8)10;;;;/h5-8H,9H2,1-4H3;2*5-9H,1-4H3;4-7,14H,1-3H3;4*1H4. The summed E-state index contributed by atoms with van der Waals surface area (Å²) in [6.07, 6.45) is 9.93. The molecule has 0 fully saturated rings. The van der Waals surface area contributed by atoms with Gasteiger partial charge in [-0.15, -0.1) is 0 Å². The first-order valence-corrected chi connectivity index (χ1v) is 20.5. The third-order valence-electron chi connectivity index (χ3n) is 11.0. The molecule has 3 aromatic heterocycles. The average Bonchev–Trinajstić information content (AvgIpc) is 3.90. The van der Waals surface area contributed by atoms with Crippen molar-refractivity contribution in [2.24, 2.45) is 19.5 Å². The summed E-state index contributed by atoms with van der Waals surface area (Å²) in [6.45, 7) is 29.2. The zero-order valence-corrected chi connectivity index (χ0v) is 37.6. The van der Waals surface area contributed by atoms with Crippen molar-refractivity contribution in [2.45, 2.75) is 142 Å². The SMILES string of the molecule is C.C.C.C.CC(C)(C)c1c[nH]c2cccc(Cl)c12.Cc1cccc2c1CC(C(C)(C)C)=C2.Cn1cc(C(C)(C)C)c2ccccc21.Cn1ccc2c(C(C)(C)C)cccc21. The molecule has 1 aliphatic carbocycles. The molecule has 0 amide bonds. The van der Waals surface area contributed by atoms with Gasteiger partial charge in [-0.1, -0.05) is 191 Å². The molecular formula is C56H82ClN3. The van der Waals surface area contributed by atoms with Gasteiger partial charge >= 0.3 is 0 Å². The Morgan fingerprint density at radius 3 is 1.67 bits per heavy atom. The normalized spacial score (nSPS) is 12.2. The number of rotatable bonds is 0. The second kappa shape index (κ2) is 20.4. The highest BCUT2D eigenvalue weighted by molar-refractivity contribution is 6.35. The fourth-order valence-electron chi connectivity index (χ4n) is 7.64. The molecule has 3 heterocycles. The fraction of sp³-hybridized carbons (Fsp3) is 0.429. The van der Waals surface area contributed by atoms with Crippen LogP contribution in [0.25, 0.3) is 38.8 Å². The van der Waals surface area contributed by atoms with Crippen LogP contribution in [-0.2, 0) is 36.8 Å². The van der Waals surface area contributed by atoms with Crippen LogP contribution in [-0.4, -0.2) is 14.1 Å². The van der Waals surface area contributed by atoms with Crippen LogP contribution in [0.1, 0.15) is 146 Å². The summed E-state index contributed by atoms with van der Waals surface area (Å²) < 4.78 is 4.38. The predicted octanol–water partition coefficient (Wildman–Crippen LogP) is 17.6. The van der Waals surface area contributed by atoms with Crippen LogP contribution in [0.2, 0.25) is 5.02 Å². The first kappa shape index (κ1) is 53.5. The molecule has 0 radical (unpaired) electrons. The Balaban J connectivity index is 0.000000391. The van der Waals surface area contributed by atoms with Crippen molar-refractivity contribution in [1.82, 2.24) is 14.1 Å². The summed E-state index contributed by atoms with van der Waals surface area (Å²) in [6, 6.07) is 29.9. The van der Waals surface area contributed by atoms with E-state index in [9.17, 15) is 0 Å². The summed E-state index contributed by atoms with van der Waals surface area (Å²) in [5, 5.41) is 4.74. The first-order chi connectivity index (χ1) is 26.0. The predicted molar refractivity (Wildman–Crippen MR) is 274 cm³/mol. The van der Waals surface area contributed by atoms with Gasteiger partial charge in [0.1, 0.15) is 0 Å². The van der Waals surface area contributed by atoms with Gasteiger partial charge in [-0.3, -0.25) is 0 Å². The van der Waals surface area contributed by atoms with Crippen molar-refractivity contribution >= 4 is 50.4 Å². The molecule has 0 bridgehead atoms. The maximum atomic E-state index is 6.19. The number of nitrogens with zero attached hydrogens (tertiary/aromatic N) is 2. The number of hydrogen-bond donors (Lipinski definition) is 1. The molecular weight excluding hydrogens is 750 g/mol. The summed E-state index contributed by atoms with van der Waals surface area (Å²) in [5.74, 6) is 0. The van der Waals surface area contributed by atoms with Gasteiger partial charge in [-0.05, 0) is 98.7 Å². The van der Waals surface area contributed by atoms with Crippen LogP contribution in [0.15, 0.2) is 109 Å². The smallest absolute Gasteiger partial charge is 0.0502 e. The lowest BCUT2D eigenvalue weighted by Crippen LogP contribution is -2.11. The van der Waals surface area contributed by atoms with E-state index >= 15 is 0 Å². The van der Waals surface area contributed by atoms with E-state index in [1.165, 1.54) is 55.2 Å². The van der Waals surface area contributed by atoms with Gasteiger partial charge in [0.15, 0.2) is 0 Å². The van der Waals surface area contributed by atoms with Gasteiger partial charge in [0, 0.05) is 65.4 Å². The highest BCUT2D eigenvalue weighted by Gasteiger charge is 2.24. The second-order valence-electron chi connectivity index (χ2n) is 19.7. The monoisotopic (exact) mass is 832 g/mol. The lowest BCUT2D eigenvalue weighted by atomic mass is 9.85. The van der Waals surface area contributed by atoms with Gasteiger partial charge in [0.2, 0.25) is 0 Å². The maximum Gasteiger partial charge on any atom is 0.0502 e. The number of allylic oxidation sites excluding steroid dienone is 1. The molecule has 0 atom stereocenters. The minimum atomic E-state index is 0. The van der Waals surface area contributed by atoms with E-state index in [4.69, 9.17) is 11.6 Å². The topological polar surface area (TPSA) is 25.6 Å². The summed E-state index contributed by atoms with van der Waals surface area (Å²) in [4.78, 5) is 3.25. The van der Waals surface area contributed by atoms with Gasteiger partial charge in [0.25, 0.3) is 0 Å². The number of benzene rings is 4. The molecule has 0 unspecified atom stereocenters. The number of fused-ring (bicyclic) bond motifs is 4. The molecule has 4 heteroatoms. The lowest BCUT2D eigenvalue weighted by Gasteiger charge is -2.20. The second-order valence-corrected chi connectivity index (χ2v) is 20.1. The number of nitrogens with one attached hydrogen (secondary N) is 1. The minimum Gasteiger partial charge on any atom is -0.361 e. The average molecular weight is 833 g/mol. The Morgan fingerprint density at radius 1 is 0.550 bits per heavy atom. The fourth-order valence-corrected chi connectivity index (χ4v) is 7.92. The Bertz CT molecular complexity index is 2450. The molecule has 3 nitrogen and oxygen atoms in total. The number of aromatic nitrogens is 3. The van der Waals surface area contributed by atoms with Gasteiger partial charge in [-0.2, -0.15) is 0 Å². The number of H-pyrrole nitrogens is 1. The minimum absolute atomic E-state index is 0. The van der Waals surface area contributed by atoms with Crippen LogP contribution in [0.5, 0.6) is 0 Å². The van der Waals surface area contributed by atoms with Crippen LogP contribution in [0.3, 0.4) is 0 Å². The third kappa shape index (κ3) is 12.1.